The number of hydrogen-bond donors (Lipinski definition) is 0. The molecule has 0 atom stereocenters. The number of aromatic nitrogens is 3. The largest absolute Gasteiger partial charge is 0.493 e. The monoisotopic (exact) mass is 461 g/mol. The quantitative estimate of drug-likeness (QED) is 0.212. The minimum atomic E-state index is -0.358. The second-order valence-electron chi connectivity index (χ2n) is 8.80. The second kappa shape index (κ2) is 11.0. The van der Waals surface area contributed by atoms with Crippen LogP contribution >= 0.6 is 0 Å². The number of nitrogens with zero attached hydrogens (tertiary/aromatic N) is 3. The van der Waals surface area contributed by atoms with Crippen LogP contribution in [0.4, 0.5) is 0 Å². The Morgan fingerprint density at radius 3 is 2.71 bits per heavy atom. The number of unbranched alkanes of at least 4 members (excludes halogenated alkanes) is 2. The van der Waals surface area contributed by atoms with E-state index in [1.54, 1.807) is 12.1 Å². The van der Waals surface area contributed by atoms with Gasteiger partial charge in [-0.05, 0) is 67.5 Å². The molecule has 34 heavy (non-hydrogen) atoms. The molecule has 0 saturated carbocycles. The van der Waals surface area contributed by atoms with Crippen LogP contribution in [-0.2, 0) is 13.2 Å². The summed E-state index contributed by atoms with van der Waals surface area (Å²) in [6, 6.07) is 15.1. The number of rotatable bonds is 11. The van der Waals surface area contributed by atoms with Crippen molar-refractivity contribution in [1.29, 1.82) is 0 Å². The number of fused-ring (bicyclic) bond motifs is 1. The predicted molar refractivity (Wildman–Crippen MR) is 131 cm³/mol. The molecule has 0 aliphatic heterocycles. The molecule has 0 unspecified atom stereocenters. The van der Waals surface area contributed by atoms with E-state index in [1.165, 1.54) is 11.6 Å². The van der Waals surface area contributed by atoms with Crippen molar-refractivity contribution in [2.45, 2.75) is 59.1 Å². The van der Waals surface area contributed by atoms with Crippen LogP contribution in [-0.4, -0.2) is 21.6 Å². The Morgan fingerprint density at radius 2 is 1.85 bits per heavy atom. The lowest BCUT2D eigenvalue weighted by Gasteiger charge is -2.11. The van der Waals surface area contributed by atoms with Crippen LogP contribution in [0.5, 0.6) is 11.5 Å². The number of ether oxygens (including phenoxy) is 2. The molecule has 0 spiro atoms. The van der Waals surface area contributed by atoms with Crippen LogP contribution in [0.2, 0.25) is 0 Å². The summed E-state index contributed by atoms with van der Waals surface area (Å²) >= 11 is 0. The average molecular weight is 462 g/mol. The minimum Gasteiger partial charge on any atom is -0.493 e. The van der Waals surface area contributed by atoms with Gasteiger partial charge < -0.3 is 13.9 Å². The molecule has 0 amide bonds. The first-order chi connectivity index (χ1) is 16.5. The summed E-state index contributed by atoms with van der Waals surface area (Å²) in [6.45, 7) is 8.22. The molecule has 0 fully saturated rings. The van der Waals surface area contributed by atoms with E-state index in [0.29, 0.717) is 30.5 Å². The zero-order valence-corrected chi connectivity index (χ0v) is 20.0. The van der Waals surface area contributed by atoms with Crippen molar-refractivity contribution in [3.8, 4) is 11.5 Å². The van der Waals surface area contributed by atoms with Crippen LogP contribution in [0, 0.1) is 6.92 Å². The first kappa shape index (κ1) is 23.5. The van der Waals surface area contributed by atoms with E-state index in [-0.39, 0.29) is 5.63 Å². The summed E-state index contributed by atoms with van der Waals surface area (Å²) in [5, 5.41) is 9.33. The molecule has 0 saturated heterocycles. The van der Waals surface area contributed by atoms with Gasteiger partial charge in [-0.1, -0.05) is 31.2 Å². The Balaban J connectivity index is 1.17. The third-order valence-corrected chi connectivity index (χ3v) is 5.74. The maximum Gasteiger partial charge on any atom is 0.336 e. The first-order valence-electron chi connectivity index (χ1n) is 11.8. The summed E-state index contributed by atoms with van der Waals surface area (Å²) in [5.74, 6) is 2.07. The highest BCUT2D eigenvalue weighted by Crippen LogP contribution is 2.25. The van der Waals surface area contributed by atoms with Gasteiger partial charge >= 0.3 is 5.63 Å². The summed E-state index contributed by atoms with van der Waals surface area (Å²) in [7, 11) is 0. The normalized spacial score (nSPS) is 11.3. The maximum absolute atomic E-state index is 11.4. The number of hydrogen-bond acceptors (Lipinski definition) is 6. The van der Waals surface area contributed by atoms with Gasteiger partial charge in [-0.2, -0.15) is 0 Å². The van der Waals surface area contributed by atoms with E-state index in [4.69, 9.17) is 13.9 Å². The topological polar surface area (TPSA) is 79.4 Å². The van der Waals surface area contributed by atoms with E-state index in [2.05, 4.69) is 49.3 Å². The lowest BCUT2D eigenvalue weighted by molar-refractivity contribution is 0.298. The van der Waals surface area contributed by atoms with Crippen molar-refractivity contribution in [3.63, 3.8) is 0 Å². The Kier molecular flexibility index (Phi) is 7.62. The molecule has 7 nitrogen and oxygen atoms in total. The maximum atomic E-state index is 11.4. The standard InChI is InChI=1S/C27H31N3O4/c1-19(2)22-8-7-20(3)25(15-22)33-18-23-17-30(29-28-23)13-5-4-6-14-32-24-11-9-21-10-12-27(31)34-26(21)16-24/h7-12,15-17,19H,4-6,13-14,18H2,1-3H3. The van der Waals surface area contributed by atoms with Gasteiger partial charge in [-0.15, -0.1) is 5.10 Å². The molecule has 0 aliphatic carbocycles. The molecular weight excluding hydrogens is 430 g/mol. The third-order valence-electron chi connectivity index (χ3n) is 5.74. The van der Waals surface area contributed by atoms with E-state index in [1.807, 2.05) is 23.0 Å². The van der Waals surface area contributed by atoms with Gasteiger partial charge in [0.2, 0.25) is 0 Å². The van der Waals surface area contributed by atoms with Crippen LogP contribution < -0.4 is 15.1 Å². The van der Waals surface area contributed by atoms with Gasteiger partial charge in [0.05, 0.1) is 12.8 Å². The van der Waals surface area contributed by atoms with Gasteiger partial charge in [0, 0.05) is 24.1 Å². The summed E-state index contributed by atoms with van der Waals surface area (Å²) < 4.78 is 18.9. The fourth-order valence-electron chi connectivity index (χ4n) is 3.67. The highest BCUT2D eigenvalue weighted by Gasteiger charge is 2.07. The molecule has 0 aliphatic rings. The summed E-state index contributed by atoms with van der Waals surface area (Å²) in [5.41, 5.74) is 3.38. The third kappa shape index (κ3) is 6.25. The molecule has 178 valence electrons. The Bertz CT molecular complexity index is 1290. The molecule has 4 aromatic rings. The molecule has 2 heterocycles. The van der Waals surface area contributed by atoms with Gasteiger partial charge in [0.15, 0.2) is 0 Å². The highest BCUT2D eigenvalue weighted by atomic mass is 16.5. The van der Waals surface area contributed by atoms with Crippen molar-refractivity contribution < 1.29 is 13.9 Å². The number of aryl methyl sites for hydroxylation is 2. The number of benzene rings is 2. The lowest BCUT2D eigenvalue weighted by Crippen LogP contribution is -2.02. The van der Waals surface area contributed by atoms with Crippen molar-refractivity contribution in [1.82, 2.24) is 15.0 Å². The molecular formula is C27H31N3O4. The van der Waals surface area contributed by atoms with Gasteiger partial charge in [0.25, 0.3) is 0 Å². The second-order valence-corrected chi connectivity index (χ2v) is 8.80. The minimum absolute atomic E-state index is 0.358. The van der Waals surface area contributed by atoms with E-state index in [0.717, 1.165) is 48.2 Å². The molecule has 0 radical (unpaired) electrons. The molecule has 0 N–H and O–H groups in total. The van der Waals surface area contributed by atoms with Crippen LogP contribution in [0.1, 0.15) is 55.8 Å². The fourth-order valence-corrected chi connectivity index (χ4v) is 3.67. The van der Waals surface area contributed by atoms with Crippen LogP contribution in [0.3, 0.4) is 0 Å². The smallest absolute Gasteiger partial charge is 0.336 e. The first-order valence-corrected chi connectivity index (χ1v) is 11.8. The van der Waals surface area contributed by atoms with Gasteiger partial charge in [-0.3, -0.25) is 4.68 Å². The predicted octanol–water partition coefficient (Wildman–Crippen LogP) is 5.64. The zero-order chi connectivity index (χ0) is 23.9. The molecule has 0 bridgehead atoms. The molecule has 4 rings (SSSR count). The van der Waals surface area contributed by atoms with Crippen LogP contribution in [0.15, 0.2) is 63.9 Å². The highest BCUT2D eigenvalue weighted by molar-refractivity contribution is 5.77. The lowest BCUT2D eigenvalue weighted by atomic mass is 10.0. The molecule has 7 heteroatoms. The Morgan fingerprint density at radius 1 is 1.00 bits per heavy atom. The molecule has 2 aromatic heterocycles. The van der Waals surface area contributed by atoms with Crippen LogP contribution in [0.25, 0.3) is 11.0 Å². The van der Waals surface area contributed by atoms with Crippen molar-refractivity contribution in [2.75, 3.05) is 6.61 Å². The van der Waals surface area contributed by atoms with Gasteiger partial charge in [0.1, 0.15) is 29.4 Å². The molecule has 2 aromatic carbocycles. The zero-order valence-electron chi connectivity index (χ0n) is 20.0. The SMILES string of the molecule is Cc1ccc(C(C)C)cc1OCc1cn(CCCCCOc2ccc3ccc(=O)oc3c2)nn1. The fraction of sp³-hybridized carbons (Fsp3) is 0.370. The van der Waals surface area contributed by atoms with E-state index in [9.17, 15) is 4.79 Å². The van der Waals surface area contributed by atoms with Crippen molar-refractivity contribution in [3.05, 3.63) is 82.0 Å². The van der Waals surface area contributed by atoms with E-state index >= 15 is 0 Å². The Labute approximate surface area is 199 Å². The van der Waals surface area contributed by atoms with Crippen molar-refractivity contribution in [2.24, 2.45) is 0 Å². The van der Waals surface area contributed by atoms with E-state index < -0.39 is 0 Å². The Hall–Kier alpha value is -3.61. The summed E-state index contributed by atoms with van der Waals surface area (Å²) in [4.78, 5) is 11.4. The summed E-state index contributed by atoms with van der Waals surface area (Å²) in [6.07, 6.45) is 4.86. The average Bonchev–Trinajstić information content (AvgIpc) is 3.28. The van der Waals surface area contributed by atoms with Gasteiger partial charge in [-0.25, -0.2) is 4.79 Å². The van der Waals surface area contributed by atoms with Crippen molar-refractivity contribution >= 4 is 11.0 Å².